The molecule has 1 aromatic rings. The highest BCUT2D eigenvalue weighted by molar-refractivity contribution is 5.95. The highest BCUT2D eigenvalue weighted by atomic mass is 16.2. The molecule has 2 amide bonds. The van der Waals surface area contributed by atoms with Gasteiger partial charge in [0.2, 0.25) is 5.91 Å². The van der Waals surface area contributed by atoms with Crippen LogP contribution in [0.3, 0.4) is 0 Å². The largest absolute Gasteiger partial charge is 0.352 e. The summed E-state index contributed by atoms with van der Waals surface area (Å²) in [6.07, 6.45) is 2.17. The van der Waals surface area contributed by atoms with Gasteiger partial charge in [-0.25, -0.2) is 0 Å². The molecule has 0 saturated carbocycles. The van der Waals surface area contributed by atoms with Gasteiger partial charge in [0.05, 0.1) is 0 Å². The first-order valence-corrected chi connectivity index (χ1v) is 7.00. The topological polar surface area (TPSA) is 70.2 Å². The van der Waals surface area contributed by atoms with E-state index in [0.29, 0.717) is 18.5 Å². The summed E-state index contributed by atoms with van der Waals surface area (Å²) in [6.45, 7) is 1.33. The summed E-state index contributed by atoms with van der Waals surface area (Å²) in [4.78, 5) is 23.3. The van der Waals surface area contributed by atoms with Gasteiger partial charge in [0, 0.05) is 24.6 Å². The molecule has 1 atom stereocenters. The Morgan fingerprint density at radius 2 is 2.20 bits per heavy atom. The average molecular weight is 275 g/mol. The first-order chi connectivity index (χ1) is 9.70. The molecule has 0 aromatic heterocycles. The number of likely N-dealkylation sites (N-methyl/N-ethyl adjacent to an activating group) is 1. The molecule has 108 valence electrons. The monoisotopic (exact) mass is 275 g/mol. The van der Waals surface area contributed by atoms with Crippen molar-refractivity contribution in [2.24, 2.45) is 0 Å². The van der Waals surface area contributed by atoms with E-state index >= 15 is 0 Å². The van der Waals surface area contributed by atoms with E-state index in [2.05, 4.69) is 16.0 Å². The van der Waals surface area contributed by atoms with Crippen LogP contribution in [0.5, 0.6) is 0 Å². The van der Waals surface area contributed by atoms with Gasteiger partial charge in [-0.15, -0.1) is 0 Å². The molecule has 0 spiro atoms. The van der Waals surface area contributed by atoms with E-state index < -0.39 is 0 Å². The third-order valence-electron chi connectivity index (χ3n) is 3.50. The average Bonchev–Trinajstić information content (AvgIpc) is 2.88. The predicted molar refractivity (Wildman–Crippen MR) is 77.6 cm³/mol. The number of benzene rings is 1. The zero-order valence-corrected chi connectivity index (χ0v) is 11.7. The maximum absolute atomic E-state index is 12.2. The second-order valence-electron chi connectivity index (χ2n) is 5.02. The van der Waals surface area contributed by atoms with Crippen LogP contribution < -0.4 is 16.0 Å². The summed E-state index contributed by atoms with van der Waals surface area (Å²) in [5.41, 5.74) is 1.75. The fraction of sp³-hybridized carbons (Fsp3) is 0.467. The van der Waals surface area contributed by atoms with Gasteiger partial charge in [-0.3, -0.25) is 9.59 Å². The Hall–Kier alpha value is -1.88. The van der Waals surface area contributed by atoms with Crippen LogP contribution in [-0.4, -0.2) is 38.0 Å². The Labute approximate surface area is 119 Å². The van der Waals surface area contributed by atoms with Gasteiger partial charge in [0.1, 0.15) is 0 Å². The highest BCUT2D eigenvalue weighted by Crippen LogP contribution is 2.10. The summed E-state index contributed by atoms with van der Waals surface area (Å²) < 4.78 is 0. The van der Waals surface area contributed by atoms with Crippen LogP contribution in [0, 0.1) is 0 Å². The van der Waals surface area contributed by atoms with E-state index in [1.165, 1.54) is 0 Å². The van der Waals surface area contributed by atoms with Crippen molar-refractivity contribution in [3.8, 4) is 0 Å². The lowest BCUT2D eigenvalue weighted by Gasteiger charge is -2.13. The summed E-state index contributed by atoms with van der Waals surface area (Å²) in [7, 11) is 1.89. The van der Waals surface area contributed by atoms with Crippen LogP contribution in [0.25, 0.3) is 0 Å². The third kappa shape index (κ3) is 3.81. The number of rotatable bonds is 6. The molecule has 2 rings (SSSR count). The number of carbonyl (C=O) groups excluding carboxylic acids is 2. The SMILES string of the molecule is CNCCc1ccccc1C(=O)NCC1CCC(=O)N1. The molecule has 1 aliphatic rings. The van der Waals surface area contributed by atoms with Gasteiger partial charge in [0.15, 0.2) is 0 Å². The molecule has 1 heterocycles. The molecular formula is C15H21N3O2. The Kier molecular flexibility index (Phi) is 5.12. The van der Waals surface area contributed by atoms with Crippen LogP contribution in [0.2, 0.25) is 0 Å². The van der Waals surface area contributed by atoms with Gasteiger partial charge >= 0.3 is 0 Å². The second-order valence-corrected chi connectivity index (χ2v) is 5.02. The maximum Gasteiger partial charge on any atom is 0.251 e. The molecule has 3 N–H and O–H groups in total. The number of amides is 2. The van der Waals surface area contributed by atoms with Crippen LogP contribution in [-0.2, 0) is 11.2 Å². The van der Waals surface area contributed by atoms with Crippen LogP contribution in [0.4, 0.5) is 0 Å². The molecule has 5 heteroatoms. The number of nitrogens with one attached hydrogen (secondary N) is 3. The third-order valence-corrected chi connectivity index (χ3v) is 3.50. The molecule has 1 aromatic carbocycles. The van der Waals surface area contributed by atoms with Gasteiger partial charge in [-0.1, -0.05) is 18.2 Å². The minimum atomic E-state index is -0.0714. The van der Waals surface area contributed by atoms with Crippen molar-refractivity contribution in [1.29, 1.82) is 0 Å². The first-order valence-electron chi connectivity index (χ1n) is 7.00. The van der Waals surface area contributed by atoms with Crippen molar-refractivity contribution in [1.82, 2.24) is 16.0 Å². The van der Waals surface area contributed by atoms with E-state index in [1.54, 1.807) is 0 Å². The van der Waals surface area contributed by atoms with Gasteiger partial charge in [-0.05, 0) is 38.1 Å². The van der Waals surface area contributed by atoms with Gasteiger partial charge in [0.25, 0.3) is 5.91 Å². The Balaban J connectivity index is 1.93. The highest BCUT2D eigenvalue weighted by Gasteiger charge is 2.21. The van der Waals surface area contributed by atoms with Crippen molar-refractivity contribution in [3.05, 3.63) is 35.4 Å². The first kappa shape index (κ1) is 14.5. The summed E-state index contributed by atoms with van der Waals surface area (Å²) in [5, 5.41) is 8.83. The van der Waals surface area contributed by atoms with Crippen molar-refractivity contribution < 1.29 is 9.59 Å². The van der Waals surface area contributed by atoms with E-state index in [9.17, 15) is 9.59 Å². The van der Waals surface area contributed by atoms with Crippen LogP contribution in [0.15, 0.2) is 24.3 Å². The van der Waals surface area contributed by atoms with Crippen molar-refractivity contribution in [3.63, 3.8) is 0 Å². The fourth-order valence-corrected chi connectivity index (χ4v) is 2.36. The number of hydrogen-bond acceptors (Lipinski definition) is 3. The lowest BCUT2D eigenvalue weighted by molar-refractivity contribution is -0.119. The van der Waals surface area contributed by atoms with Gasteiger partial charge < -0.3 is 16.0 Å². The minimum absolute atomic E-state index is 0.0657. The normalized spacial score (nSPS) is 17.9. The quantitative estimate of drug-likeness (QED) is 0.706. The maximum atomic E-state index is 12.2. The smallest absolute Gasteiger partial charge is 0.251 e. The van der Waals surface area contributed by atoms with Crippen molar-refractivity contribution in [2.45, 2.75) is 25.3 Å². The fourth-order valence-electron chi connectivity index (χ4n) is 2.36. The van der Waals surface area contributed by atoms with Crippen molar-refractivity contribution >= 4 is 11.8 Å². The molecule has 1 fully saturated rings. The zero-order valence-electron chi connectivity index (χ0n) is 11.7. The van der Waals surface area contributed by atoms with E-state index in [-0.39, 0.29) is 17.9 Å². The summed E-state index contributed by atoms with van der Waals surface area (Å²) in [5.74, 6) is -0.00322. The Morgan fingerprint density at radius 1 is 1.40 bits per heavy atom. The molecular weight excluding hydrogens is 254 g/mol. The molecule has 0 radical (unpaired) electrons. The Morgan fingerprint density at radius 3 is 2.90 bits per heavy atom. The second kappa shape index (κ2) is 7.05. The summed E-state index contributed by atoms with van der Waals surface area (Å²) >= 11 is 0. The zero-order chi connectivity index (χ0) is 14.4. The van der Waals surface area contributed by atoms with E-state index in [0.717, 1.165) is 24.9 Å². The minimum Gasteiger partial charge on any atom is -0.352 e. The number of hydrogen-bond donors (Lipinski definition) is 3. The lowest BCUT2D eigenvalue weighted by atomic mass is 10.0. The van der Waals surface area contributed by atoms with Crippen molar-refractivity contribution in [2.75, 3.05) is 20.1 Å². The lowest BCUT2D eigenvalue weighted by Crippen LogP contribution is -2.38. The van der Waals surface area contributed by atoms with E-state index in [1.807, 2.05) is 31.3 Å². The van der Waals surface area contributed by atoms with Crippen LogP contribution >= 0.6 is 0 Å². The molecule has 1 saturated heterocycles. The molecule has 0 aliphatic carbocycles. The standard InChI is InChI=1S/C15H21N3O2/c1-16-9-8-11-4-2-3-5-13(11)15(20)17-10-12-6-7-14(19)18-12/h2-5,12,16H,6-10H2,1H3,(H,17,20)(H,18,19). The predicted octanol–water partition coefficient (Wildman–Crippen LogP) is 0.457. The number of carbonyl (C=O) groups is 2. The van der Waals surface area contributed by atoms with Crippen LogP contribution in [0.1, 0.15) is 28.8 Å². The molecule has 5 nitrogen and oxygen atoms in total. The summed E-state index contributed by atoms with van der Waals surface area (Å²) in [6, 6.07) is 7.70. The Bertz CT molecular complexity index is 488. The van der Waals surface area contributed by atoms with Gasteiger partial charge in [-0.2, -0.15) is 0 Å². The molecule has 1 aliphatic heterocycles. The molecule has 0 bridgehead atoms. The molecule has 1 unspecified atom stereocenters. The van der Waals surface area contributed by atoms with E-state index in [4.69, 9.17) is 0 Å². The molecule has 20 heavy (non-hydrogen) atoms.